The van der Waals surface area contributed by atoms with Gasteiger partial charge in [-0.1, -0.05) is 91.6 Å². The number of hydrogen-bond donors (Lipinski definition) is 0. The molecular formula is C29H53NOSi. The summed E-state index contributed by atoms with van der Waals surface area (Å²) < 4.78 is 7.01. The lowest BCUT2D eigenvalue weighted by molar-refractivity contribution is 0.149. The first-order valence-electron chi connectivity index (χ1n) is 13.7. The van der Waals surface area contributed by atoms with Crippen molar-refractivity contribution in [2.75, 3.05) is 0 Å². The third-order valence-electron chi connectivity index (χ3n) is 8.13. The highest BCUT2D eigenvalue weighted by Gasteiger charge is 2.46. The van der Waals surface area contributed by atoms with Crippen LogP contribution in [0.3, 0.4) is 0 Å². The maximum atomic E-state index is 7.01. The Morgan fingerprint density at radius 2 is 1.38 bits per heavy atom. The van der Waals surface area contributed by atoms with Crippen LogP contribution in [0.2, 0.25) is 16.6 Å². The molecule has 1 unspecified atom stereocenters. The monoisotopic (exact) mass is 459 g/mol. The quantitative estimate of drug-likeness (QED) is 0.257. The summed E-state index contributed by atoms with van der Waals surface area (Å²) in [5, 5.41) is 0. The second-order valence-electron chi connectivity index (χ2n) is 11.4. The molecule has 0 bridgehead atoms. The zero-order chi connectivity index (χ0) is 23.7. The van der Waals surface area contributed by atoms with Crippen LogP contribution < -0.4 is 0 Å². The van der Waals surface area contributed by atoms with Gasteiger partial charge >= 0.3 is 0 Å². The van der Waals surface area contributed by atoms with Gasteiger partial charge in [0.25, 0.3) is 0 Å². The smallest absolute Gasteiger partial charge is 0.200 e. The van der Waals surface area contributed by atoms with Gasteiger partial charge in [-0.25, -0.2) is 0 Å². The van der Waals surface area contributed by atoms with Crippen LogP contribution in [0, 0.1) is 0 Å². The Morgan fingerprint density at radius 3 is 1.88 bits per heavy atom. The molecule has 1 aromatic rings. The van der Waals surface area contributed by atoms with Gasteiger partial charge in [0.05, 0.1) is 0 Å². The molecule has 2 rings (SSSR count). The molecule has 0 spiro atoms. The number of hydrogen-bond acceptors (Lipinski definition) is 2. The summed E-state index contributed by atoms with van der Waals surface area (Å²) in [6.07, 6.45) is 11.0. The molecule has 0 aliphatic carbocycles. The molecule has 0 radical (unpaired) electrons. The fourth-order valence-electron chi connectivity index (χ4n) is 6.58. The molecule has 1 aliphatic heterocycles. The van der Waals surface area contributed by atoms with Crippen LogP contribution in [-0.4, -0.2) is 31.4 Å². The summed E-state index contributed by atoms with van der Waals surface area (Å²) >= 11 is 0. The van der Waals surface area contributed by atoms with E-state index in [2.05, 4.69) is 90.6 Å². The van der Waals surface area contributed by atoms with Gasteiger partial charge in [0, 0.05) is 24.7 Å². The number of rotatable bonds is 14. The number of likely N-dealkylation sites (tertiary alicyclic amines) is 1. The maximum absolute atomic E-state index is 7.01. The van der Waals surface area contributed by atoms with Crippen molar-refractivity contribution in [3.63, 3.8) is 0 Å². The van der Waals surface area contributed by atoms with Crippen molar-refractivity contribution in [2.24, 2.45) is 0 Å². The van der Waals surface area contributed by atoms with E-state index in [1.165, 1.54) is 56.9 Å². The van der Waals surface area contributed by atoms with E-state index >= 15 is 0 Å². The molecule has 0 N–H and O–H groups in total. The Morgan fingerprint density at radius 1 is 0.844 bits per heavy atom. The fraction of sp³-hybridized carbons (Fsp3) is 0.793. The molecule has 1 heterocycles. The van der Waals surface area contributed by atoms with E-state index < -0.39 is 8.32 Å². The third kappa shape index (κ3) is 7.18. The minimum absolute atomic E-state index is 0.383. The Hall–Kier alpha value is -0.643. The lowest BCUT2D eigenvalue weighted by Gasteiger charge is -2.44. The Labute approximate surface area is 201 Å². The van der Waals surface area contributed by atoms with E-state index in [1.54, 1.807) is 0 Å². The van der Waals surface area contributed by atoms with E-state index in [0.29, 0.717) is 22.7 Å². The third-order valence-corrected chi connectivity index (χ3v) is 14.4. The molecular weight excluding hydrogens is 406 g/mol. The van der Waals surface area contributed by atoms with Crippen molar-refractivity contribution >= 4 is 8.32 Å². The summed E-state index contributed by atoms with van der Waals surface area (Å²) in [5.41, 5.74) is 3.47. The molecule has 1 aromatic carbocycles. The average molecular weight is 460 g/mol. The summed E-state index contributed by atoms with van der Waals surface area (Å²) in [5.74, 6) is 0. The first kappa shape index (κ1) is 27.6. The van der Waals surface area contributed by atoms with Gasteiger partial charge in [0.15, 0.2) is 0 Å². The summed E-state index contributed by atoms with van der Waals surface area (Å²) in [6, 6.07) is 12.6. The molecule has 3 atom stereocenters. The molecule has 1 fully saturated rings. The number of benzene rings is 1. The Bertz CT molecular complexity index is 608. The van der Waals surface area contributed by atoms with E-state index in [9.17, 15) is 0 Å². The lowest BCUT2D eigenvalue weighted by Crippen LogP contribution is -2.49. The molecule has 0 aromatic heterocycles. The van der Waals surface area contributed by atoms with Crippen LogP contribution in [0.4, 0.5) is 0 Å². The van der Waals surface area contributed by atoms with E-state index in [1.807, 2.05) is 0 Å². The highest BCUT2D eigenvalue weighted by atomic mass is 28.4. The standard InChI is InChI=1S/C29H53NOSi/c1-9-10-18-28-20-21-29(30(28)22-27-16-12-11-13-17-27)19-14-15-26(8)31-32(23(2)3,24(4)5)25(6)7/h11-13,16-17,23-26,28-29H,9-10,14-15,18-22H2,1-8H3/t26?,28-,29-/m0/s1. The zero-order valence-corrected chi connectivity index (χ0v) is 23.6. The number of unbranched alkanes of at least 4 members (excludes halogenated alkanes) is 1. The van der Waals surface area contributed by atoms with Crippen LogP contribution in [0.25, 0.3) is 0 Å². The number of nitrogens with zero attached hydrogens (tertiary/aromatic N) is 1. The molecule has 32 heavy (non-hydrogen) atoms. The summed E-state index contributed by atoms with van der Waals surface area (Å²) in [6.45, 7) is 20.2. The van der Waals surface area contributed by atoms with Gasteiger partial charge < -0.3 is 4.43 Å². The van der Waals surface area contributed by atoms with Crippen molar-refractivity contribution < 1.29 is 4.43 Å². The zero-order valence-electron chi connectivity index (χ0n) is 22.6. The largest absolute Gasteiger partial charge is 0.413 e. The van der Waals surface area contributed by atoms with Gasteiger partial charge in [-0.05, 0) is 67.6 Å². The van der Waals surface area contributed by atoms with Gasteiger partial charge in [-0.15, -0.1) is 0 Å². The van der Waals surface area contributed by atoms with E-state index in [-0.39, 0.29) is 0 Å². The fourth-order valence-corrected chi connectivity index (χ4v) is 12.2. The van der Waals surface area contributed by atoms with Crippen molar-refractivity contribution in [3.05, 3.63) is 35.9 Å². The Kier molecular flexibility index (Phi) is 11.5. The average Bonchev–Trinajstić information content (AvgIpc) is 3.11. The van der Waals surface area contributed by atoms with Crippen molar-refractivity contribution in [1.82, 2.24) is 4.90 Å². The van der Waals surface area contributed by atoms with Crippen molar-refractivity contribution in [2.45, 2.75) is 148 Å². The second-order valence-corrected chi connectivity index (χ2v) is 16.8. The molecule has 2 nitrogen and oxygen atoms in total. The predicted octanol–water partition coefficient (Wildman–Crippen LogP) is 8.96. The van der Waals surface area contributed by atoms with Crippen LogP contribution in [0.15, 0.2) is 30.3 Å². The van der Waals surface area contributed by atoms with Gasteiger partial charge in [0.2, 0.25) is 8.32 Å². The Balaban J connectivity index is 1.95. The maximum Gasteiger partial charge on any atom is 0.200 e. The molecule has 3 heteroatoms. The van der Waals surface area contributed by atoms with E-state index in [0.717, 1.165) is 18.6 Å². The van der Waals surface area contributed by atoms with Crippen LogP contribution in [0.1, 0.15) is 112 Å². The normalized spacial score (nSPS) is 21.2. The highest BCUT2D eigenvalue weighted by molar-refractivity contribution is 6.77. The summed E-state index contributed by atoms with van der Waals surface area (Å²) in [4.78, 5) is 2.85. The first-order valence-corrected chi connectivity index (χ1v) is 15.8. The highest BCUT2D eigenvalue weighted by Crippen LogP contribution is 2.43. The first-order chi connectivity index (χ1) is 15.2. The summed E-state index contributed by atoms with van der Waals surface area (Å²) in [7, 11) is -1.77. The molecule has 184 valence electrons. The SMILES string of the molecule is CCCC[C@H]1CC[C@H](CCCC(C)O[Si](C(C)C)(C(C)C)C(C)C)N1Cc1ccccc1. The minimum atomic E-state index is -1.77. The van der Waals surface area contributed by atoms with Crippen molar-refractivity contribution in [1.29, 1.82) is 0 Å². The molecule has 1 aliphatic rings. The van der Waals surface area contributed by atoms with Crippen molar-refractivity contribution in [3.8, 4) is 0 Å². The molecule has 0 saturated carbocycles. The van der Waals surface area contributed by atoms with Gasteiger partial charge in [0.1, 0.15) is 0 Å². The molecule has 1 saturated heterocycles. The predicted molar refractivity (Wildman–Crippen MR) is 144 cm³/mol. The van der Waals surface area contributed by atoms with Gasteiger partial charge in [-0.2, -0.15) is 0 Å². The van der Waals surface area contributed by atoms with Crippen LogP contribution in [-0.2, 0) is 11.0 Å². The lowest BCUT2D eigenvalue weighted by atomic mass is 10.0. The minimum Gasteiger partial charge on any atom is -0.413 e. The topological polar surface area (TPSA) is 12.5 Å². The van der Waals surface area contributed by atoms with E-state index in [4.69, 9.17) is 4.43 Å². The van der Waals surface area contributed by atoms with Crippen LogP contribution in [0.5, 0.6) is 0 Å². The second kappa shape index (κ2) is 13.3. The van der Waals surface area contributed by atoms with Gasteiger partial charge in [-0.3, -0.25) is 4.90 Å². The molecule has 0 amide bonds. The van der Waals surface area contributed by atoms with Crippen LogP contribution >= 0.6 is 0 Å².